The number of carbonyl (C=O) groups is 1. The minimum Gasteiger partial charge on any atom is -0.306 e. The maximum absolute atomic E-state index is 13.3. The van der Waals surface area contributed by atoms with Crippen LogP contribution in [0.4, 0.5) is 5.82 Å². The van der Waals surface area contributed by atoms with Crippen LogP contribution < -0.4 is 4.90 Å². The number of hydrogen-bond donors (Lipinski definition) is 0. The molecule has 4 aromatic rings. The quantitative estimate of drug-likeness (QED) is 0.483. The van der Waals surface area contributed by atoms with Gasteiger partial charge in [0.1, 0.15) is 5.82 Å². The number of anilines is 1. The standard InChI is InChI=1S/C24H23N7O/c1-15(2)21-11-26-28-31(21)23-5-3-4-22(27-23)30-12-17-8-9-18(10-19(17)24(30)32)29-13-20(25-14-29)16-6-7-16/h3-5,8-11,13-16H,6-7,12H2,1-2H3. The van der Waals surface area contributed by atoms with Gasteiger partial charge in [-0.15, -0.1) is 5.10 Å². The molecule has 1 aliphatic heterocycles. The molecule has 1 fully saturated rings. The molecule has 0 radical (unpaired) electrons. The molecule has 0 unspecified atom stereocenters. The highest BCUT2D eigenvalue weighted by Crippen LogP contribution is 2.39. The van der Waals surface area contributed by atoms with Gasteiger partial charge in [-0.05, 0) is 48.6 Å². The molecule has 0 bridgehead atoms. The van der Waals surface area contributed by atoms with Gasteiger partial charge < -0.3 is 4.57 Å². The molecule has 1 saturated carbocycles. The number of pyridine rings is 1. The number of carbonyl (C=O) groups excluding carboxylic acids is 1. The Morgan fingerprint density at radius 1 is 1.09 bits per heavy atom. The van der Waals surface area contributed by atoms with Crippen molar-refractivity contribution < 1.29 is 4.79 Å². The number of rotatable bonds is 5. The molecule has 0 atom stereocenters. The van der Waals surface area contributed by atoms with Crippen molar-refractivity contribution in [2.75, 3.05) is 4.90 Å². The highest BCUT2D eigenvalue weighted by atomic mass is 16.2. The number of benzene rings is 1. The zero-order chi connectivity index (χ0) is 21.8. The van der Waals surface area contributed by atoms with Gasteiger partial charge in [0.15, 0.2) is 5.82 Å². The van der Waals surface area contributed by atoms with Crippen LogP contribution in [0.5, 0.6) is 0 Å². The summed E-state index contributed by atoms with van der Waals surface area (Å²) in [5.74, 6) is 2.07. The fourth-order valence-corrected chi connectivity index (χ4v) is 4.20. The van der Waals surface area contributed by atoms with Crippen LogP contribution in [0.15, 0.2) is 55.1 Å². The third-order valence-electron chi connectivity index (χ3n) is 6.17. The molecule has 8 nitrogen and oxygen atoms in total. The maximum atomic E-state index is 13.3. The molecule has 0 saturated heterocycles. The number of amides is 1. The van der Waals surface area contributed by atoms with E-state index in [0.29, 0.717) is 29.7 Å². The molecule has 6 rings (SSSR count). The van der Waals surface area contributed by atoms with E-state index in [1.54, 1.807) is 15.8 Å². The van der Waals surface area contributed by atoms with E-state index >= 15 is 0 Å². The van der Waals surface area contributed by atoms with Gasteiger partial charge in [0.25, 0.3) is 5.91 Å². The van der Waals surface area contributed by atoms with Crippen LogP contribution in [-0.4, -0.2) is 35.4 Å². The fraction of sp³-hybridized carbons (Fsp3) is 0.292. The predicted molar refractivity (Wildman–Crippen MR) is 119 cm³/mol. The molecule has 4 heterocycles. The van der Waals surface area contributed by atoms with Crippen molar-refractivity contribution in [3.05, 3.63) is 77.6 Å². The summed E-state index contributed by atoms with van der Waals surface area (Å²) in [5.41, 5.74) is 4.76. The third-order valence-corrected chi connectivity index (χ3v) is 6.17. The summed E-state index contributed by atoms with van der Waals surface area (Å²) in [6.07, 6.45) is 8.10. The Morgan fingerprint density at radius 3 is 2.75 bits per heavy atom. The number of imidazole rings is 1. The van der Waals surface area contributed by atoms with Gasteiger partial charge in [0.05, 0.1) is 30.5 Å². The summed E-state index contributed by atoms with van der Waals surface area (Å²) in [5, 5.41) is 8.22. The van der Waals surface area contributed by atoms with E-state index in [2.05, 4.69) is 35.3 Å². The van der Waals surface area contributed by atoms with Crippen LogP contribution in [0.1, 0.15) is 65.8 Å². The Labute approximate surface area is 185 Å². The van der Waals surface area contributed by atoms with Crippen molar-refractivity contribution in [2.24, 2.45) is 0 Å². The van der Waals surface area contributed by atoms with Crippen LogP contribution in [0.25, 0.3) is 11.5 Å². The summed E-state index contributed by atoms with van der Waals surface area (Å²) >= 11 is 0. The van der Waals surface area contributed by atoms with E-state index in [0.717, 1.165) is 22.6 Å². The van der Waals surface area contributed by atoms with Crippen molar-refractivity contribution in [1.82, 2.24) is 29.5 Å². The number of fused-ring (bicyclic) bond motifs is 1. The lowest BCUT2D eigenvalue weighted by Gasteiger charge is -2.16. The molecule has 1 aromatic carbocycles. The molecule has 160 valence electrons. The first-order valence-corrected chi connectivity index (χ1v) is 11.0. The monoisotopic (exact) mass is 425 g/mol. The molecule has 0 N–H and O–H groups in total. The first-order chi connectivity index (χ1) is 15.6. The highest BCUT2D eigenvalue weighted by Gasteiger charge is 2.30. The smallest absolute Gasteiger partial charge is 0.260 e. The summed E-state index contributed by atoms with van der Waals surface area (Å²) in [6.45, 7) is 4.67. The van der Waals surface area contributed by atoms with E-state index in [9.17, 15) is 4.79 Å². The summed E-state index contributed by atoms with van der Waals surface area (Å²) in [7, 11) is 0. The van der Waals surface area contributed by atoms with Crippen LogP contribution in [0, 0.1) is 0 Å². The van der Waals surface area contributed by atoms with Crippen LogP contribution in [0.2, 0.25) is 0 Å². The van der Waals surface area contributed by atoms with E-state index < -0.39 is 0 Å². The van der Waals surface area contributed by atoms with E-state index in [-0.39, 0.29) is 11.8 Å². The lowest BCUT2D eigenvalue weighted by molar-refractivity contribution is 0.0996. The van der Waals surface area contributed by atoms with Gasteiger partial charge in [-0.1, -0.05) is 31.2 Å². The fourth-order valence-electron chi connectivity index (χ4n) is 4.20. The Bertz CT molecular complexity index is 1330. The third kappa shape index (κ3) is 3.10. The van der Waals surface area contributed by atoms with Gasteiger partial charge in [-0.3, -0.25) is 9.69 Å². The lowest BCUT2D eigenvalue weighted by Crippen LogP contribution is -2.24. The van der Waals surface area contributed by atoms with E-state index in [4.69, 9.17) is 4.98 Å². The van der Waals surface area contributed by atoms with Crippen LogP contribution >= 0.6 is 0 Å². The molecule has 8 heteroatoms. The number of nitrogens with zero attached hydrogens (tertiary/aromatic N) is 7. The second-order valence-corrected chi connectivity index (χ2v) is 8.79. The first-order valence-electron chi connectivity index (χ1n) is 11.0. The Balaban J connectivity index is 1.30. The van der Waals surface area contributed by atoms with Gasteiger partial charge in [0, 0.05) is 23.4 Å². The van der Waals surface area contributed by atoms with Crippen LogP contribution in [-0.2, 0) is 6.54 Å². The second kappa shape index (κ2) is 7.12. The van der Waals surface area contributed by atoms with Crippen molar-refractivity contribution >= 4 is 11.7 Å². The Kier molecular flexibility index (Phi) is 4.21. The molecule has 1 amide bonds. The lowest BCUT2D eigenvalue weighted by atomic mass is 10.1. The van der Waals surface area contributed by atoms with Gasteiger partial charge in [-0.2, -0.15) is 4.68 Å². The Morgan fingerprint density at radius 2 is 1.94 bits per heavy atom. The average Bonchev–Trinajstić information content (AvgIpc) is 3.22. The zero-order valence-electron chi connectivity index (χ0n) is 18.0. The van der Waals surface area contributed by atoms with Crippen molar-refractivity contribution in [1.29, 1.82) is 0 Å². The minimum absolute atomic E-state index is 0.0447. The van der Waals surface area contributed by atoms with Crippen molar-refractivity contribution in [3.8, 4) is 11.5 Å². The summed E-state index contributed by atoms with van der Waals surface area (Å²) in [4.78, 5) is 24.3. The molecule has 1 aliphatic carbocycles. The summed E-state index contributed by atoms with van der Waals surface area (Å²) < 4.78 is 3.73. The van der Waals surface area contributed by atoms with Crippen molar-refractivity contribution in [3.63, 3.8) is 0 Å². The molecule has 3 aromatic heterocycles. The van der Waals surface area contributed by atoms with E-state index in [1.165, 1.54) is 12.8 Å². The van der Waals surface area contributed by atoms with Gasteiger partial charge >= 0.3 is 0 Å². The molecule has 0 spiro atoms. The van der Waals surface area contributed by atoms with E-state index in [1.807, 2.05) is 47.3 Å². The minimum atomic E-state index is -0.0447. The second-order valence-electron chi connectivity index (χ2n) is 8.79. The van der Waals surface area contributed by atoms with Crippen LogP contribution in [0.3, 0.4) is 0 Å². The molecular formula is C24H23N7O. The first kappa shape index (κ1) is 18.9. The topological polar surface area (TPSA) is 81.7 Å². The van der Waals surface area contributed by atoms with Gasteiger partial charge in [-0.25, -0.2) is 9.97 Å². The predicted octanol–water partition coefficient (Wildman–Crippen LogP) is 4.01. The largest absolute Gasteiger partial charge is 0.306 e. The molecule has 32 heavy (non-hydrogen) atoms. The normalized spacial score (nSPS) is 15.6. The van der Waals surface area contributed by atoms with Crippen molar-refractivity contribution in [2.45, 2.75) is 45.1 Å². The maximum Gasteiger partial charge on any atom is 0.260 e. The number of hydrogen-bond acceptors (Lipinski definition) is 5. The summed E-state index contributed by atoms with van der Waals surface area (Å²) in [6, 6.07) is 11.7. The average molecular weight is 425 g/mol. The SMILES string of the molecule is CC(C)c1cnnn1-c1cccc(N2Cc3ccc(-n4cnc(C5CC5)c4)cc3C2=O)n1. The highest BCUT2D eigenvalue weighted by molar-refractivity contribution is 6.09. The number of aromatic nitrogens is 6. The zero-order valence-corrected chi connectivity index (χ0v) is 18.0. The molecular weight excluding hydrogens is 402 g/mol. The Hall–Kier alpha value is -3.81. The van der Waals surface area contributed by atoms with Gasteiger partial charge in [0.2, 0.25) is 0 Å². The molecule has 2 aliphatic rings.